The topological polar surface area (TPSA) is 57.7 Å². The Hall–Kier alpha value is -1.90. The van der Waals surface area contributed by atoms with Crippen molar-refractivity contribution in [3.05, 3.63) is 92.4 Å². The standard InChI is InChI=1S/C23H19BrCl2N2O3S/c24-18-6-9-21-17(12-18)10-11-28(21)23(29)15-27(14-16-4-2-1-3-5-16)32(30,31)22-13-19(25)7-8-20(22)26/h1-9,12-13H,10-11,14-15H2. The molecule has 0 unspecified atom stereocenters. The number of anilines is 1. The van der Waals surface area contributed by atoms with Crippen LogP contribution in [0.1, 0.15) is 11.1 Å². The molecule has 0 saturated carbocycles. The SMILES string of the molecule is O=C(CN(Cc1ccccc1)S(=O)(=O)c1cc(Cl)ccc1Cl)N1CCc2cc(Br)ccc21. The van der Waals surface area contributed by atoms with Crippen molar-refractivity contribution in [2.45, 2.75) is 17.9 Å². The third kappa shape index (κ3) is 4.87. The number of fused-ring (bicyclic) bond motifs is 1. The fourth-order valence-corrected chi connectivity index (χ4v) is 6.22. The second-order valence-corrected chi connectivity index (χ2v) is 11.1. The summed E-state index contributed by atoms with van der Waals surface area (Å²) in [7, 11) is -4.10. The summed E-state index contributed by atoms with van der Waals surface area (Å²) in [6.07, 6.45) is 0.714. The van der Waals surface area contributed by atoms with E-state index in [0.29, 0.717) is 13.0 Å². The lowest BCUT2D eigenvalue weighted by Crippen LogP contribution is -2.42. The van der Waals surface area contributed by atoms with Crippen LogP contribution in [0.3, 0.4) is 0 Å². The summed E-state index contributed by atoms with van der Waals surface area (Å²) in [6.45, 7) is 0.204. The maximum Gasteiger partial charge on any atom is 0.245 e. The molecule has 0 bridgehead atoms. The molecule has 0 atom stereocenters. The molecule has 166 valence electrons. The molecule has 5 nitrogen and oxygen atoms in total. The van der Waals surface area contributed by atoms with Crippen molar-refractivity contribution in [3.63, 3.8) is 0 Å². The van der Waals surface area contributed by atoms with Crippen molar-refractivity contribution < 1.29 is 13.2 Å². The summed E-state index contributed by atoms with van der Waals surface area (Å²) in [4.78, 5) is 14.8. The molecule has 0 spiro atoms. The van der Waals surface area contributed by atoms with Crippen molar-refractivity contribution in [2.24, 2.45) is 0 Å². The first-order valence-electron chi connectivity index (χ1n) is 9.83. The molecule has 0 fully saturated rings. The molecule has 0 aliphatic carbocycles. The molecule has 1 aliphatic heterocycles. The normalized spacial score (nSPS) is 13.4. The highest BCUT2D eigenvalue weighted by Crippen LogP contribution is 2.32. The molecule has 3 aromatic rings. The third-order valence-electron chi connectivity index (χ3n) is 5.26. The summed E-state index contributed by atoms with van der Waals surface area (Å²) in [5, 5.41) is 0.300. The molecule has 1 aliphatic rings. The van der Waals surface area contributed by atoms with Crippen LogP contribution in [0, 0.1) is 0 Å². The fourth-order valence-electron chi connectivity index (χ4n) is 3.69. The minimum Gasteiger partial charge on any atom is -0.311 e. The van der Waals surface area contributed by atoms with E-state index in [1.807, 2.05) is 48.5 Å². The number of carbonyl (C=O) groups excluding carboxylic acids is 1. The lowest BCUT2D eigenvalue weighted by atomic mass is 10.2. The van der Waals surface area contributed by atoms with E-state index >= 15 is 0 Å². The molecule has 3 aromatic carbocycles. The molecular formula is C23H19BrCl2N2O3S. The predicted octanol–water partition coefficient (Wildman–Crippen LogP) is 5.54. The van der Waals surface area contributed by atoms with Gasteiger partial charge in [0.2, 0.25) is 15.9 Å². The van der Waals surface area contributed by atoms with Crippen LogP contribution in [0.25, 0.3) is 0 Å². The van der Waals surface area contributed by atoms with Gasteiger partial charge in [0, 0.05) is 28.3 Å². The Kier molecular flexibility index (Phi) is 6.93. The zero-order valence-corrected chi connectivity index (χ0v) is 20.8. The zero-order chi connectivity index (χ0) is 22.9. The van der Waals surface area contributed by atoms with Gasteiger partial charge >= 0.3 is 0 Å². The Morgan fingerprint density at radius 3 is 2.53 bits per heavy atom. The molecular weight excluding hydrogens is 535 g/mol. The first kappa shape index (κ1) is 23.3. The van der Waals surface area contributed by atoms with Gasteiger partial charge in [-0.05, 0) is 53.9 Å². The van der Waals surface area contributed by atoms with Gasteiger partial charge in [-0.3, -0.25) is 4.79 Å². The first-order valence-corrected chi connectivity index (χ1v) is 12.8. The monoisotopic (exact) mass is 552 g/mol. The van der Waals surface area contributed by atoms with Gasteiger partial charge in [0.05, 0.1) is 11.6 Å². The maximum absolute atomic E-state index is 13.6. The number of halogens is 3. The van der Waals surface area contributed by atoms with Crippen LogP contribution in [0.15, 0.2) is 76.1 Å². The number of hydrogen-bond acceptors (Lipinski definition) is 3. The number of rotatable bonds is 6. The highest BCUT2D eigenvalue weighted by atomic mass is 79.9. The van der Waals surface area contributed by atoms with Gasteiger partial charge in [-0.1, -0.05) is 69.5 Å². The number of benzene rings is 3. The summed E-state index contributed by atoms with van der Waals surface area (Å²) in [6, 6.07) is 19.1. The first-order chi connectivity index (χ1) is 15.3. The van der Waals surface area contributed by atoms with Gasteiger partial charge in [0.1, 0.15) is 4.90 Å². The summed E-state index contributed by atoms with van der Waals surface area (Å²) < 4.78 is 29.2. The number of sulfonamides is 1. The molecule has 4 rings (SSSR count). The van der Waals surface area contributed by atoms with Crippen LogP contribution >= 0.6 is 39.1 Å². The molecule has 0 N–H and O–H groups in total. The predicted molar refractivity (Wildman–Crippen MR) is 131 cm³/mol. The minimum atomic E-state index is -4.10. The smallest absolute Gasteiger partial charge is 0.245 e. The Morgan fingerprint density at radius 1 is 1.03 bits per heavy atom. The number of amides is 1. The molecule has 32 heavy (non-hydrogen) atoms. The van der Waals surface area contributed by atoms with Crippen LogP contribution in [-0.4, -0.2) is 31.7 Å². The van der Waals surface area contributed by atoms with Crippen LogP contribution in [0.4, 0.5) is 5.69 Å². The third-order valence-corrected chi connectivity index (χ3v) is 8.26. The van der Waals surface area contributed by atoms with E-state index in [1.165, 1.54) is 18.2 Å². The van der Waals surface area contributed by atoms with E-state index in [1.54, 1.807) is 4.90 Å². The van der Waals surface area contributed by atoms with Gasteiger partial charge in [-0.25, -0.2) is 8.42 Å². The molecule has 1 heterocycles. The highest BCUT2D eigenvalue weighted by Gasteiger charge is 2.32. The largest absolute Gasteiger partial charge is 0.311 e. The van der Waals surface area contributed by atoms with Crippen LogP contribution in [0.2, 0.25) is 10.0 Å². The second-order valence-electron chi connectivity index (χ2n) is 7.40. The van der Waals surface area contributed by atoms with Crippen LogP contribution in [0.5, 0.6) is 0 Å². The summed E-state index contributed by atoms with van der Waals surface area (Å²) in [5.41, 5.74) is 2.60. The lowest BCUT2D eigenvalue weighted by Gasteiger charge is -2.25. The Morgan fingerprint density at radius 2 is 1.78 bits per heavy atom. The number of carbonyl (C=O) groups is 1. The minimum absolute atomic E-state index is 0.0266. The Labute approximate surface area is 205 Å². The molecule has 0 saturated heterocycles. The van der Waals surface area contributed by atoms with Gasteiger partial charge in [0.15, 0.2) is 0 Å². The average molecular weight is 554 g/mol. The molecule has 0 aromatic heterocycles. The van der Waals surface area contributed by atoms with Crippen molar-refractivity contribution >= 4 is 60.7 Å². The van der Waals surface area contributed by atoms with Crippen molar-refractivity contribution in [2.75, 3.05) is 18.0 Å². The lowest BCUT2D eigenvalue weighted by molar-refractivity contribution is -0.118. The van der Waals surface area contributed by atoms with Crippen molar-refractivity contribution in [3.8, 4) is 0 Å². The van der Waals surface area contributed by atoms with Crippen molar-refractivity contribution in [1.82, 2.24) is 4.31 Å². The van der Waals surface area contributed by atoms with Crippen LogP contribution < -0.4 is 4.90 Å². The van der Waals surface area contributed by atoms with Crippen molar-refractivity contribution in [1.29, 1.82) is 0 Å². The average Bonchev–Trinajstić information content (AvgIpc) is 3.18. The molecule has 9 heteroatoms. The summed E-state index contributed by atoms with van der Waals surface area (Å²) in [5.74, 6) is -0.302. The second kappa shape index (κ2) is 9.53. The highest BCUT2D eigenvalue weighted by molar-refractivity contribution is 9.10. The van der Waals surface area contributed by atoms with Gasteiger partial charge in [-0.15, -0.1) is 0 Å². The van der Waals surface area contributed by atoms with E-state index in [0.717, 1.165) is 25.6 Å². The van der Waals surface area contributed by atoms with Gasteiger partial charge in [-0.2, -0.15) is 4.31 Å². The number of hydrogen-bond donors (Lipinski definition) is 0. The summed E-state index contributed by atoms with van der Waals surface area (Å²) >= 11 is 15.7. The van der Waals surface area contributed by atoms with E-state index in [-0.39, 0.29) is 33.9 Å². The Balaban J connectivity index is 1.68. The van der Waals surface area contributed by atoms with E-state index < -0.39 is 10.0 Å². The maximum atomic E-state index is 13.6. The van der Waals surface area contributed by atoms with E-state index in [9.17, 15) is 13.2 Å². The number of nitrogens with zero attached hydrogens (tertiary/aromatic N) is 2. The molecule has 0 radical (unpaired) electrons. The zero-order valence-electron chi connectivity index (χ0n) is 16.8. The van der Waals surface area contributed by atoms with Crippen LogP contribution in [-0.2, 0) is 27.8 Å². The molecule has 1 amide bonds. The van der Waals surface area contributed by atoms with Gasteiger partial charge < -0.3 is 4.90 Å². The van der Waals surface area contributed by atoms with E-state index in [2.05, 4.69) is 15.9 Å². The van der Waals surface area contributed by atoms with Gasteiger partial charge in [0.25, 0.3) is 0 Å². The Bertz CT molecular complexity index is 1270. The fraction of sp³-hybridized carbons (Fsp3) is 0.174. The van der Waals surface area contributed by atoms with E-state index in [4.69, 9.17) is 23.2 Å². The quantitative estimate of drug-likeness (QED) is 0.403.